The van der Waals surface area contributed by atoms with E-state index in [1.54, 1.807) is 12.1 Å². The molecule has 14 heteroatoms. The van der Waals surface area contributed by atoms with Gasteiger partial charge in [0.2, 0.25) is 21.8 Å². The number of likely N-dealkylation sites (tertiary alicyclic amines) is 1. The number of fused-ring (bicyclic) bond motifs is 1. The van der Waals surface area contributed by atoms with Crippen molar-refractivity contribution in [2.24, 2.45) is 11.8 Å². The zero-order chi connectivity index (χ0) is 37.7. The van der Waals surface area contributed by atoms with E-state index in [9.17, 15) is 32.0 Å². The summed E-state index contributed by atoms with van der Waals surface area (Å²) < 4.78 is 47.9. The fourth-order valence-corrected chi connectivity index (χ4v) is 8.71. The maximum atomic E-state index is 14.5. The topological polar surface area (TPSA) is 154 Å². The molecule has 2 aromatic carbocycles. The summed E-state index contributed by atoms with van der Waals surface area (Å²) in [6.07, 6.45) is 0.117. The largest absolute Gasteiger partial charge is 0.444 e. The van der Waals surface area contributed by atoms with Crippen LogP contribution >= 0.6 is 0 Å². The molecule has 2 heterocycles. The Hall–Kier alpha value is -4.20. The van der Waals surface area contributed by atoms with Crippen molar-refractivity contribution < 1.29 is 36.7 Å². The van der Waals surface area contributed by atoms with Crippen molar-refractivity contribution in [3.63, 3.8) is 0 Å². The monoisotopic (exact) mass is 739 g/mol. The fourth-order valence-electron chi connectivity index (χ4n) is 7.34. The van der Waals surface area contributed by atoms with Gasteiger partial charge in [0.25, 0.3) is 5.91 Å². The van der Waals surface area contributed by atoms with Gasteiger partial charge in [-0.1, -0.05) is 72.2 Å². The maximum Gasteiger partial charge on any atom is 0.410 e. The van der Waals surface area contributed by atoms with Crippen molar-refractivity contribution in [1.82, 2.24) is 19.8 Å². The van der Waals surface area contributed by atoms with Crippen LogP contribution in [-0.2, 0) is 47.6 Å². The second kappa shape index (κ2) is 14.0. The summed E-state index contributed by atoms with van der Waals surface area (Å²) in [6.45, 7) is 12.1. The number of carbonyl (C=O) groups is 4. The van der Waals surface area contributed by atoms with E-state index in [0.717, 1.165) is 11.3 Å². The molecule has 1 saturated heterocycles. The first-order valence-corrected chi connectivity index (χ1v) is 19.8. The Bertz CT molecular complexity index is 1860. The number of ether oxygens (including phenoxy) is 1. The average Bonchev–Trinajstić information content (AvgIpc) is 3.97. The molecule has 0 radical (unpaired) electrons. The minimum Gasteiger partial charge on any atom is -0.444 e. The molecule has 3 fully saturated rings. The summed E-state index contributed by atoms with van der Waals surface area (Å²) in [4.78, 5) is 58.4. The molecule has 4 aliphatic rings. The number of hydrogen-bond donors (Lipinski definition) is 3. The number of anilines is 1. The molecule has 1 unspecified atom stereocenters. The number of sulfonamides is 1. The number of carbonyl (C=O) groups excluding carboxylic acids is 4. The zero-order valence-corrected chi connectivity index (χ0v) is 31.5. The fraction of sp³-hybridized carbons (Fsp3) is 0.579. The van der Waals surface area contributed by atoms with E-state index in [-0.39, 0.29) is 55.6 Å². The molecule has 2 aliphatic carbocycles. The molecule has 4 amide bonds. The lowest BCUT2D eigenvalue weighted by Crippen LogP contribution is -2.58. The van der Waals surface area contributed by atoms with Crippen LogP contribution in [0.2, 0.25) is 0 Å². The smallest absolute Gasteiger partial charge is 0.410 e. The number of amides is 4. The van der Waals surface area contributed by atoms with Crippen molar-refractivity contribution in [2.75, 3.05) is 11.9 Å². The van der Waals surface area contributed by atoms with Gasteiger partial charge in [-0.3, -0.25) is 24.0 Å². The van der Waals surface area contributed by atoms with Crippen LogP contribution in [0.15, 0.2) is 42.5 Å². The van der Waals surface area contributed by atoms with E-state index in [1.165, 1.54) is 15.9 Å². The van der Waals surface area contributed by atoms with Gasteiger partial charge >= 0.3 is 6.09 Å². The molecule has 2 aliphatic heterocycles. The van der Waals surface area contributed by atoms with Gasteiger partial charge in [-0.2, -0.15) is 0 Å². The van der Waals surface area contributed by atoms with E-state index in [4.69, 9.17) is 4.74 Å². The lowest BCUT2D eigenvalue weighted by molar-refractivity contribution is -0.140. The van der Waals surface area contributed by atoms with Crippen LogP contribution in [0.25, 0.3) is 0 Å². The molecule has 0 bridgehead atoms. The lowest BCUT2D eigenvalue weighted by Gasteiger charge is -2.32. The van der Waals surface area contributed by atoms with Gasteiger partial charge in [0.15, 0.2) is 0 Å². The Morgan fingerprint density at radius 2 is 1.77 bits per heavy atom. The van der Waals surface area contributed by atoms with Crippen molar-refractivity contribution in [2.45, 2.75) is 121 Å². The summed E-state index contributed by atoms with van der Waals surface area (Å²) in [6, 6.07) is 10.6. The molecule has 5 atom stereocenters. The summed E-state index contributed by atoms with van der Waals surface area (Å²) in [5, 5.41) is 5.60. The summed E-state index contributed by atoms with van der Waals surface area (Å²) in [7, 11) is -3.87. The van der Waals surface area contributed by atoms with Gasteiger partial charge < -0.3 is 20.3 Å². The van der Waals surface area contributed by atoms with Crippen LogP contribution in [0, 0.1) is 17.7 Å². The van der Waals surface area contributed by atoms with Gasteiger partial charge in [0, 0.05) is 24.2 Å². The predicted octanol–water partition coefficient (Wildman–Crippen LogP) is 4.57. The minimum absolute atomic E-state index is 0.0346. The number of halogens is 1. The van der Waals surface area contributed by atoms with Crippen LogP contribution in [0.4, 0.5) is 14.9 Å². The second-order valence-corrected chi connectivity index (χ2v) is 18.1. The van der Waals surface area contributed by atoms with Crippen LogP contribution in [0.1, 0.15) is 90.3 Å². The summed E-state index contributed by atoms with van der Waals surface area (Å²) >= 11 is 0. The molecule has 52 heavy (non-hydrogen) atoms. The van der Waals surface area contributed by atoms with Crippen LogP contribution in [0.5, 0.6) is 0 Å². The summed E-state index contributed by atoms with van der Waals surface area (Å²) in [5.41, 5.74) is 1.34. The third-order valence-electron chi connectivity index (χ3n) is 10.8. The standard InChI is InChI=1S/C38H50FN5O7S/c1-7-24-18-38(24,35(47)42-52(49,50)28-14-15-28)41-33(45)31-17-27(51-36(48)43-19-23-10-8-13-30(39)29(23)21-43)20-44(31)34(46)32(22(2)3)40-26-12-9-11-25(16-26)37(4,5)6/h8-13,16,22,24,27-28,31-32,40H,7,14-15,17-21H2,1-6H3,(H,41,45)(H,42,47)/t24-,27-,31?,32+,38-/m1/s1. The molecule has 0 aromatic heterocycles. The van der Waals surface area contributed by atoms with E-state index < -0.39 is 62.7 Å². The third kappa shape index (κ3) is 7.62. The molecule has 282 valence electrons. The highest BCUT2D eigenvalue weighted by atomic mass is 32.2. The minimum atomic E-state index is -3.87. The van der Waals surface area contributed by atoms with E-state index >= 15 is 0 Å². The highest BCUT2D eigenvalue weighted by molar-refractivity contribution is 7.91. The van der Waals surface area contributed by atoms with E-state index in [0.29, 0.717) is 30.4 Å². The number of rotatable bonds is 11. The molecule has 2 aromatic rings. The van der Waals surface area contributed by atoms with Gasteiger partial charge in [0.1, 0.15) is 29.5 Å². The molecular weight excluding hydrogens is 690 g/mol. The third-order valence-corrected chi connectivity index (χ3v) is 12.7. The first-order valence-electron chi connectivity index (χ1n) is 18.2. The Balaban J connectivity index is 1.24. The van der Waals surface area contributed by atoms with E-state index in [1.807, 2.05) is 45.0 Å². The number of hydrogen-bond acceptors (Lipinski definition) is 8. The molecule has 12 nitrogen and oxygen atoms in total. The van der Waals surface area contributed by atoms with E-state index in [2.05, 4.69) is 36.1 Å². The van der Waals surface area contributed by atoms with Crippen LogP contribution in [0.3, 0.4) is 0 Å². The second-order valence-electron chi connectivity index (χ2n) is 16.1. The highest BCUT2D eigenvalue weighted by Crippen LogP contribution is 2.47. The van der Waals surface area contributed by atoms with Crippen LogP contribution in [-0.4, -0.2) is 77.6 Å². The first-order chi connectivity index (χ1) is 24.4. The molecule has 3 N–H and O–H groups in total. The number of nitrogens with zero attached hydrogens (tertiary/aromatic N) is 2. The van der Waals surface area contributed by atoms with Crippen molar-refractivity contribution >= 4 is 39.5 Å². The molecule has 2 saturated carbocycles. The van der Waals surface area contributed by atoms with Gasteiger partial charge in [0.05, 0.1) is 18.3 Å². The quantitative estimate of drug-likeness (QED) is 0.303. The first kappa shape index (κ1) is 37.6. The maximum absolute atomic E-state index is 14.5. The van der Waals surface area contributed by atoms with Gasteiger partial charge in [-0.05, 0) is 65.8 Å². The SMILES string of the molecule is CC[C@@H]1C[C@]1(NC(=O)C1C[C@@H](OC(=O)N2Cc3cccc(F)c3C2)CN1C(=O)[C@@H](Nc1cccc(C(C)(C)C)c1)C(C)C)C(=O)NS(=O)(=O)C1CC1. The zero-order valence-electron chi connectivity index (χ0n) is 30.7. The predicted molar refractivity (Wildman–Crippen MR) is 193 cm³/mol. The average molecular weight is 740 g/mol. The highest BCUT2D eigenvalue weighted by Gasteiger charge is 2.62. The Morgan fingerprint density at radius 1 is 1.06 bits per heavy atom. The number of nitrogens with one attached hydrogen (secondary N) is 3. The molecular formula is C38H50FN5O7S. The van der Waals surface area contributed by atoms with Gasteiger partial charge in [-0.25, -0.2) is 17.6 Å². The molecule has 0 spiro atoms. The Morgan fingerprint density at radius 3 is 2.38 bits per heavy atom. The van der Waals surface area contributed by atoms with Gasteiger partial charge in [-0.15, -0.1) is 0 Å². The molecule has 6 rings (SSSR count). The van der Waals surface area contributed by atoms with Crippen molar-refractivity contribution in [3.8, 4) is 0 Å². The Kier molecular flexibility index (Phi) is 10.1. The van der Waals surface area contributed by atoms with Crippen LogP contribution < -0.4 is 15.4 Å². The number of benzene rings is 2. The van der Waals surface area contributed by atoms with Crippen molar-refractivity contribution in [1.29, 1.82) is 0 Å². The summed E-state index contributed by atoms with van der Waals surface area (Å²) in [5.74, 6) is -2.71. The normalized spacial score (nSPS) is 24.7. The Labute approximate surface area is 305 Å². The lowest BCUT2D eigenvalue weighted by atomic mass is 9.87. The van der Waals surface area contributed by atoms with Crippen molar-refractivity contribution in [3.05, 3.63) is 65.0 Å².